The van der Waals surface area contributed by atoms with Gasteiger partial charge in [0, 0.05) is 41.0 Å². The molecule has 0 radical (unpaired) electrons. The third-order valence-electron chi connectivity index (χ3n) is 12.3. The van der Waals surface area contributed by atoms with Gasteiger partial charge >= 0.3 is 0 Å². The Hall–Kier alpha value is -3.01. The van der Waals surface area contributed by atoms with Gasteiger partial charge in [-0.1, -0.05) is 58.9 Å². The quantitative estimate of drug-likeness (QED) is 0.222. The smallest absolute Gasteiger partial charge is 0.248 e. The van der Waals surface area contributed by atoms with Gasteiger partial charge in [0.1, 0.15) is 5.75 Å². The molecule has 2 amide bonds. The molecule has 47 heavy (non-hydrogen) atoms. The zero-order chi connectivity index (χ0) is 33.9. The predicted octanol–water partition coefficient (Wildman–Crippen LogP) is 6.65. The number of hydrogen-bond acceptors (Lipinski definition) is 6. The van der Waals surface area contributed by atoms with Crippen LogP contribution in [0.25, 0.3) is 22.2 Å². The minimum absolute atomic E-state index is 0.0704. The second kappa shape index (κ2) is 12.5. The molecule has 1 aliphatic heterocycles. The fourth-order valence-corrected chi connectivity index (χ4v) is 8.76. The number of nitrogens with two attached hydrogens (primary N) is 1. The molecule has 4 atom stereocenters. The van der Waals surface area contributed by atoms with Crippen LogP contribution in [0.5, 0.6) is 5.75 Å². The number of primary amides is 1. The van der Waals surface area contributed by atoms with E-state index in [-0.39, 0.29) is 28.8 Å². The first kappa shape index (κ1) is 33.9. The topological polar surface area (TPSA) is 110 Å². The van der Waals surface area contributed by atoms with E-state index in [2.05, 4.69) is 61.7 Å². The van der Waals surface area contributed by atoms with Crippen LogP contribution in [-0.4, -0.2) is 59.6 Å². The van der Waals surface area contributed by atoms with E-state index in [0.717, 1.165) is 48.8 Å². The minimum Gasteiger partial charge on any atom is -0.497 e. The van der Waals surface area contributed by atoms with Crippen LogP contribution in [0.1, 0.15) is 105 Å². The highest BCUT2D eigenvalue weighted by molar-refractivity contribution is 7.77. The van der Waals surface area contributed by atoms with Crippen molar-refractivity contribution in [3.63, 3.8) is 0 Å². The fraction of sp³-hybridized carbons (Fsp3) is 0.579. The number of methoxy groups -OCH3 is 1. The number of nitrogens with zero attached hydrogens (tertiary/aromatic N) is 2. The van der Waals surface area contributed by atoms with Crippen LogP contribution in [0.4, 0.5) is 0 Å². The Morgan fingerprint density at radius 1 is 1.09 bits per heavy atom. The van der Waals surface area contributed by atoms with E-state index < -0.39 is 11.3 Å². The number of aliphatic hydroxyl groups is 1. The van der Waals surface area contributed by atoms with Gasteiger partial charge in [0.25, 0.3) is 0 Å². The number of hydrogen-bond donors (Lipinski definition) is 4. The van der Waals surface area contributed by atoms with Gasteiger partial charge in [-0.25, -0.2) is 0 Å². The highest BCUT2D eigenvalue weighted by Crippen LogP contribution is 2.66. The molecule has 2 heterocycles. The first-order valence-electron chi connectivity index (χ1n) is 17.2. The summed E-state index contributed by atoms with van der Waals surface area (Å²) in [5.74, 6) is 0.929. The molecule has 3 aromatic rings. The molecule has 0 saturated heterocycles. The number of aliphatic hydroxyl groups excluding tert-OH is 1. The molecule has 3 saturated carbocycles. The van der Waals surface area contributed by atoms with Crippen LogP contribution in [0.3, 0.4) is 0 Å². The average Bonchev–Trinajstić information content (AvgIpc) is 3.66. The Balaban J connectivity index is 0.000000915. The lowest BCUT2D eigenvalue weighted by atomic mass is 9.68. The zero-order valence-electron chi connectivity index (χ0n) is 28.9. The summed E-state index contributed by atoms with van der Waals surface area (Å²) in [6.07, 6.45) is 8.00. The van der Waals surface area contributed by atoms with Crippen LogP contribution in [0, 0.1) is 16.2 Å². The van der Waals surface area contributed by atoms with Crippen molar-refractivity contribution in [3.8, 4) is 17.0 Å². The van der Waals surface area contributed by atoms with Crippen molar-refractivity contribution in [1.29, 1.82) is 0 Å². The molecule has 4 aliphatic rings. The third-order valence-corrected chi connectivity index (χ3v) is 12.3. The van der Waals surface area contributed by atoms with Crippen molar-refractivity contribution in [2.75, 3.05) is 27.7 Å². The zero-order valence-corrected chi connectivity index (χ0v) is 29.8. The molecule has 9 heteroatoms. The molecule has 8 nitrogen and oxygen atoms in total. The normalized spacial score (nSPS) is 27.6. The summed E-state index contributed by atoms with van der Waals surface area (Å²) in [5, 5.41) is 15.2. The Morgan fingerprint density at radius 3 is 2.40 bits per heavy atom. The van der Waals surface area contributed by atoms with Gasteiger partial charge in [-0.05, 0) is 104 Å². The van der Waals surface area contributed by atoms with Crippen LogP contribution < -0.4 is 15.8 Å². The second-order valence-corrected chi connectivity index (χ2v) is 16.3. The van der Waals surface area contributed by atoms with E-state index in [9.17, 15) is 14.7 Å². The van der Waals surface area contributed by atoms with Crippen molar-refractivity contribution in [2.45, 2.75) is 96.6 Å². The average molecular weight is 661 g/mol. The predicted molar refractivity (Wildman–Crippen MR) is 191 cm³/mol. The molecule has 0 bridgehead atoms. The molecule has 2 aromatic carbocycles. The number of aromatic nitrogens is 1. The largest absolute Gasteiger partial charge is 0.497 e. The number of thiol groups is 1. The van der Waals surface area contributed by atoms with Crippen molar-refractivity contribution < 1.29 is 19.4 Å². The summed E-state index contributed by atoms with van der Waals surface area (Å²) in [6, 6.07) is 12.2. The number of benzene rings is 2. The molecule has 0 spiro atoms. The fourth-order valence-electron chi connectivity index (χ4n) is 8.76. The summed E-state index contributed by atoms with van der Waals surface area (Å²) in [7, 11) is 5.42. The highest BCUT2D eigenvalue weighted by Gasteiger charge is 2.63. The Kier molecular flexibility index (Phi) is 8.98. The summed E-state index contributed by atoms with van der Waals surface area (Å²) >= 11 is 3.80. The number of nitrogens with one attached hydrogen (secondary N) is 1. The second-order valence-electron chi connectivity index (χ2n) is 15.5. The SMILES string of the molecule is CN(C)S.COc1ccc2c(c1)C1CC1(C(=O)NCC1(C)CCC(O)C1(C)C)Cn1c-2c(C2CCCCC2)c2ccc(C(N)=O)cc21. The summed E-state index contributed by atoms with van der Waals surface area (Å²) in [5.41, 5.74) is 11.1. The van der Waals surface area contributed by atoms with E-state index in [0.29, 0.717) is 24.6 Å². The summed E-state index contributed by atoms with van der Waals surface area (Å²) in [6.45, 7) is 7.51. The van der Waals surface area contributed by atoms with E-state index >= 15 is 0 Å². The number of amides is 2. The molecular formula is C38H52N4O4S. The molecule has 1 aromatic heterocycles. The summed E-state index contributed by atoms with van der Waals surface area (Å²) < 4.78 is 9.73. The van der Waals surface area contributed by atoms with Gasteiger partial charge in [-0.15, -0.1) is 0 Å². The molecule has 4 unspecified atom stereocenters. The molecule has 3 aliphatic carbocycles. The van der Waals surface area contributed by atoms with Crippen molar-refractivity contribution in [2.24, 2.45) is 22.0 Å². The van der Waals surface area contributed by atoms with Gasteiger partial charge in [-0.2, -0.15) is 0 Å². The van der Waals surface area contributed by atoms with Gasteiger partial charge in [0.15, 0.2) is 0 Å². The van der Waals surface area contributed by atoms with Crippen molar-refractivity contribution >= 4 is 35.5 Å². The maximum absolute atomic E-state index is 14.4. The third kappa shape index (κ3) is 5.76. The number of ether oxygens (including phenoxy) is 1. The first-order chi connectivity index (χ1) is 22.2. The Labute approximate surface area is 285 Å². The van der Waals surface area contributed by atoms with Gasteiger partial charge in [0.2, 0.25) is 11.8 Å². The number of carbonyl (C=O) groups is 2. The maximum atomic E-state index is 14.4. The number of rotatable bonds is 6. The van der Waals surface area contributed by atoms with Gasteiger partial charge in [-0.3, -0.25) is 13.9 Å². The van der Waals surface area contributed by atoms with Crippen molar-refractivity contribution in [1.82, 2.24) is 14.2 Å². The van der Waals surface area contributed by atoms with E-state index in [1.165, 1.54) is 41.6 Å². The standard InChI is InChI=1S/C36H45N3O4.C2H7NS/c1-34(2)29(40)14-15-35(34,3)19-38-33(42)36-18-27(36)26-17-23(43-4)11-13-24(26)31-30(21-8-6-5-7-9-21)25-12-10-22(32(37)41)16-28(25)39(31)20-36;1-3(2)4/h10-13,16-17,21,27,29,40H,5-9,14-15,18-20H2,1-4H3,(H2,37,41)(H,38,42);4H,1-2H3. The van der Waals surface area contributed by atoms with Crippen LogP contribution in [-0.2, 0) is 11.3 Å². The first-order valence-corrected chi connectivity index (χ1v) is 17.6. The Bertz CT molecular complexity index is 1690. The van der Waals surface area contributed by atoms with Crippen LogP contribution in [0.2, 0.25) is 0 Å². The molecule has 7 rings (SSSR count). The molecular weight excluding hydrogens is 609 g/mol. The lowest BCUT2D eigenvalue weighted by Crippen LogP contribution is -2.47. The lowest BCUT2D eigenvalue weighted by molar-refractivity contribution is -0.128. The van der Waals surface area contributed by atoms with Crippen LogP contribution in [0.15, 0.2) is 36.4 Å². The molecule has 4 N–H and O–H groups in total. The van der Waals surface area contributed by atoms with Crippen LogP contribution >= 0.6 is 12.8 Å². The lowest BCUT2D eigenvalue weighted by Gasteiger charge is -2.40. The number of carbonyl (C=O) groups excluding carboxylic acids is 2. The van der Waals surface area contributed by atoms with E-state index in [1.54, 1.807) is 11.4 Å². The van der Waals surface area contributed by atoms with E-state index in [1.807, 2.05) is 32.3 Å². The van der Waals surface area contributed by atoms with Gasteiger partial charge < -0.3 is 25.5 Å². The highest BCUT2D eigenvalue weighted by atomic mass is 32.1. The van der Waals surface area contributed by atoms with Gasteiger partial charge in [0.05, 0.1) is 24.3 Å². The van der Waals surface area contributed by atoms with Crippen molar-refractivity contribution in [3.05, 3.63) is 53.1 Å². The monoisotopic (exact) mass is 660 g/mol. The number of fused-ring (bicyclic) bond motifs is 7. The Morgan fingerprint density at radius 2 is 1.79 bits per heavy atom. The molecule has 254 valence electrons. The minimum atomic E-state index is -0.609. The van der Waals surface area contributed by atoms with E-state index in [4.69, 9.17) is 10.5 Å². The molecule has 3 fully saturated rings. The maximum Gasteiger partial charge on any atom is 0.248 e. The summed E-state index contributed by atoms with van der Waals surface area (Å²) in [4.78, 5) is 26.7.